The highest BCUT2D eigenvalue weighted by Gasteiger charge is 2.16. The monoisotopic (exact) mass is 376 g/mol. The van der Waals surface area contributed by atoms with Crippen molar-refractivity contribution in [3.05, 3.63) is 53.9 Å². The average Bonchev–Trinajstić information content (AvgIpc) is 3.15. The van der Waals surface area contributed by atoms with Crippen LogP contribution >= 0.6 is 0 Å². The van der Waals surface area contributed by atoms with Crippen LogP contribution in [0.15, 0.2) is 47.0 Å². The van der Waals surface area contributed by atoms with Crippen molar-refractivity contribution in [2.24, 2.45) is 0 Å². The molecule has 1 heterocycles. The van der Waals surface area contributed by atoms with Gasteiger partial charge in [-0.2, -0.15) is 13.8 Å². The van der Waals surface area contributed by atoms with Gasteiger partial charge in [0.1, 0.15) is 12.0 Å². The largest absolute Gasteiger partial charge is 0.493 e. The Labute approximate surface area is 152 Å². The van der Waals surface area contributed by atoms with Crippen LogP contribution in [-0.4, -0.2) is 30.1 Å². The molecule has 0 aliphatic heterocycles. The van der Waals surface area contributed by atoms with Gasteiger partial charge in [-0.25, -0.2) is 0 Å². The molecule has 0 aliphatic carbocycles. The number of hydrogen-bond acceptors (Lipinski definition) is 7. The van der Waals surface area contributed by atoms with Crippen LogP contribution in [0.5, 0.6) is 17.2 Å². The quantitative estimate of drug-likeness (QED) is 0.554. The second kappa shape index (κ2) is 8.26. The minimum absolute atomic E-state index is 0.0631. The van der Waals surface area contributed by atoms with Crippen molar-refractivity contribution in [3.8, 4) is 28.6 Å². The molecule has 0 unspecified atom stereocenters. The summed E-state index contributed by atoms with van der Waals surface area (Å²) < 4.78 is 45.3. The molecular formula is C18H14F2N2O5. The Morgan fingerprint density at radius 2 is 1.96 bits per heavy atom. The third-order valence-electron chi connectivity index (χ3n) is 3.49. The molecule has 0 aliphatic rings. The Balaban J connectivity index is 1.75. The number of benzene rings is 2. The molecule has 140 valence electrons. The van der Waals surface area contributed by atoms with Crippen molar-refractivity contribution in [1.29, 1.82) is 0 Å². The van der Waals surface area contributed by atoms with Gasteiger partial charge in [-0.15, -0.1) is 0 Å². The van der Waals surface area contributed by atoms with Gasteiger partial charge < -0.3 is 18.7 Å². The highest BCUT2D eigenvalue weighted by Crippen LogP contribution is 2.30. The maximum Gasteiger partial charge on any atom is 0.387 e. The topological polar surface area (TPSA) is 83.7 Å². The number of nitrogens with zero attached hydrogens (tertiary/aromatic N) is 2. The molecule has 0 amide bonds. The van der Waals surface area contributed by atoms with Gasteiger partial charge in [-0.3, -0.25) is 4.79 Å². The Morgan fingerprint density at radius 3 is 2.70 bits per heavy atom. The van der Waals surface area contributed by atoms with Crippen LogP contribution in [0.1, 0.15) is 16.2 Å². The van der Waals surface area contributed by atoms with E-state index in [1.807, 2.05) is 0 Å². The molecule has 0 bridgehead atoms. The Hall–Kier alpha value is -3.49. The number of para-hydroxylation sites is 1. The van der Waals surface area contributed by atoms with Crippen LogP contribution in [0.2, 0.25) is 0 Å². The van der Waals surface area contributed by atoms with E-state index in [9.17, 15) is 13.6 Å². The van der Waals surface area contributed by atoms with Gasteiger partial charge in [-0.05, 0) is 30.3 Å². The first-order chi connectivity index (χ1) is 13.1. The van der Waals surface area contributed by atoms with E-state index in [0.29, 0.717) is 23.3 Å². The lowest BCUT2D eigenvalue weighted by Gasteiger charge is -2.09. The van der Waals surface area contributed by atoms with Crippen molar-refractivity contribution < 1.29 is 32.3 Å². The molecule has 0 saturated heterocycles. The number of aromatic nitrogens is 2. The number of alkyl halides is 2. The summed E-state index contributed by atoms with van der Waals surface area (Å²) in [5, 5.41) is 3.77. The molecule has 0 atom stereocenters. The normalized spacial score (nSPS) is 10.7. The fraction of sp³-hybridized carbons (Fsp3) is 0.167. The second-order valence-corrected chi connectivity index (χ2v) is 5.20. The van der Waals surface area contributed by atoms with Crippen molar-refractivity contribution in [1.82, 2.24) is 10.1 Å². The summed E-state index contributed by atoms with van der Waals surface area (Å²) >= 11 is 0. The lowest BCUT2D eigenvalue weighted by atomic mass is 10.2. The fourth-order valence-corrected chi connectivity index (χ4v) is 2.29. The lowest BCUT2D eigenvalue weighted by Crippen LogP contribution is -2.03. The van der Waals surface area contributed by atoms with E-state index >= 15 is 0 Å². The summed E-state index contributed by atoms with van der Waals surface area (Å²) in [5.41, 5.74) is 0.704. The van der Waals surface area contributed by atoms with Gasteiger partial charge in [0.05, 0.1) is 12.7 Å². The van der Waals surface area contributed by atoms with E-state index in [4.69, 9.17) is 14.0 Å². The van der Waals surface area contributed by atoms with Crippen LogP contribution in [0.3, 0.4) is 0 Å². The molecule has 7 nitrogen and oxygen atoms in total. The van der Waals surface area contributed by atoms with Gasteiger partial charge in [0.2, 0.25) is 5.82 Å². The average molecular weight is 376 g/mol. The molecule has 2 aromatic carbocycles. The van der Waals surface area contributed by atoms with Gasteiger partial charge in [0.25, 0.3) is 5.89 Å². The molecule has 3 rings (SSSR count). The second-order valence-electron chi connectivity index (χ2n) is 5.20. The van der Waals surface area contributed by atoms with Crippen LogP contribution in [-0.2, 0) is 6.61 Å². The SMILES string of the molecule is COc1cc(C=O)ccc1OCc1nc(-c2ccccc2OC(F)F)no1. The Morgan fingerprint density at radius 1 is 1.15 bits per heavy atom. The number of halogens is 2. The number of hydrogen-bond donors (Lipinski definition) is 0. The molecule has 1 aromatic heterocycles. The molecule has 27 heavy (non-hydrogen) atoms. The highest BCUT2D eigenvalue weighted by molar-refractivity contribution is 5.76. The summed E-state index contributed by atoms with van der Waals surface area (Å²) in [5.74, 6) is 0.901. The number of ether oxygens (including phenoxy) is 3. The summed E-state index contributed by atoms with van der Waals surface area (Å²) in [6, 6.07) is 10.8. The van der Waals surface area contributed by atoms with Crippen molar-refractivity contribution in [2.75, 3.05) is 7.11 Å². The van der Waals surface area contributed by atoms with E-state index in [-0.39, 0.29) is 29.6 Å². The molecule has 0 N–H and O–H groups in total. The molecule has 9 heteroatoms. The van der Waals surface area contributed by atoms with Crippen LogP contribution < -0.4 is 14.2 Å². The number of aldehydes is 1. The molecule has 0 saturated carbocycles. The van der Waals surface area contributed by atoms with E-state index in [1.165, 1.54) is 25.3 Å². The number of carbonyl (C=O) groups excluding carboxylic acids is 1. The van der Waals surface area contributed by atoms with E-state index in [2.05, 4.69) is 14.9 Å². The third kappa shape index (κ3) is 4.38. The smallest absolute Gasteiger partial charge is 0.387 e. The summed E-state index contributed by atoms with van der Waals surface area (Å²) in [4.78, 5) is 14.9. The first-order valence-corrected chi connectivity index (χ1v) is 7.73. The van der Waals surface area contributed by atoms with Crippen molar-refractivity contribution in [2.45, 2.75) is 13.2 Å². The van der Waals surface area contributed by atoms with Crippen LogP contribution in [0, 0.1) is 0 Å². The zero-order valence-electron chi connectivity index (χ0n) is 14.1. The number of methoxy groups -OCH3 is 1. The number of rotatable bonds is 8. The van der Waals surface area contributed by atoms with Gasteiger partial charge in [-0.1, -0.05) is 17.3 Å². The standard InChI is InChI=1S/C18H14F2N2O5/c1-24-15-8-11(9-23)6-7-14(15)25-10-16-21-17(22-27-16)12-4-2-3-5-13(12)26-18(19)20/h2-9,18H,10H2,1H3. The van der Waals surface area contributed by atoms with Crippen LogP contribution in [0.4, 0.5) is 8.78 Å². The molecule has 0 spiro atoms. The zero-order valence-corrected chi connectivity index (χ0v) is 14.1. The fourth-order valence-electron chi connectivity index (χ4n) is 2.29. The highest BCUT2D eigenvalue weighted by atomic mass is 19.3. The summed E-state index contributed by atoms with van der Waals surface area (Å²) in [6.07, 6.45) is 0.690. The maximum absolute atomic E-state index is 12.5. The Bertz CT molecular complexity index is 930. The maximum atomic E-state index is 12.5. The molecular weight excluding hydrogens is 362 g/mol. The molecule has 0 radical (unpaired) electrons. The summed E-state index contributed by atoms with van der Waals surface area (Å²) in [6.45, 7) is -3.05. The first kappa shape index (κ1) is 18.3. The van der Waals surface area contributed by atoms with Gasteiger partial charge in [0.15, 0.2) is 18.1 Å². The summed E-state index contributed by atoms with van der Waals surface area (Å²) in [7, 11) is 1.45. The third-order valence-corrected chi connectivity index (χ3v) is 3.49. The molecule has 0 fully saturated rings. The van der Waals surface area contributed by atoms with Crippen LogP contribution in [0.25, 0.3) is 11.4 Å². The van der Waals surface area contributed by atoms with E-state index < -0.39 is 6.61 Å². The van der Waals surface area contributed by atoms with Crippen molar-refractivity contribution >= 4 is 6.29 Å². The van der Waals surface area contributed by atoms with E-state index in [1.54, 1.807) is 24.3 Å². The van der Waals surface area contributed by atoms with Crippen molar-refractivity contribution in [3.63, 3.8) is 0 Å². The molecule has 3 aromatic rings. The Kier molecular flexibility index (Phi) is 5.60. The minimum Gasteiger partial charge on any atom is -0.493 e. The minimum atomic E-state index is -2.97. The number of carbonyl (C=O) groups is 1. The van der Waals surface area contributed by atoms with E-state index in [0.717, 1.165) is 0 Å². The predicted octanol–water partition coefficient (Wildman–Crippen LogP) is 3.74. The first-order valence-electron chi connectivity index (χ1n) is 7.73. The predicted molar refractivity (Wildman–Crippen MR) is 89.1 cm³/mol. The lowest BCUT2D eigenvalue weighted by molar-refractivity contribution is -0.0494. The van der Waals surface area contributed by atoms with Gasteiger partial charge >= 0.3 is 6.61 Å². The van der Waals surface area contributed by atoms with Gasteiger partial charge in [0, 0.05) is 5.56 Å². The zero-order chi connectivity index (χ0) is 19.2.